The fourth-order valence-electron chi connectivity index (χ4n) is 3.98. The van der Waals surface area contributed by atoms with Gasteiger partial charge in [-0.1, -0.05) is 6.42 Å². The zero-order valence-electron chi connectivity index (χ0n) is 20.5. The number of halogens is 1. The molecule has 9 nitrogen and oxygen atoms in total. The van der Waals surface area contributed by atoms with Crippen LogP contribution >= 0.6 is 27.3 Å². The fraction of sp³-hybridized carbons (Fsp3) is 0.480. The SMILES string of the molecule is CN1CCN(CC(=O)Nc2ccc(N(Cc3ccc(Br)s3)C(=O)CCCCCC(=O)NO)cc2)CC1. The van der Waals surface area contributed by atoms with E-state index in [0.717, 1.165) is 47.0 Å². The molecule has 0 radical (unpaired) electrons. The molecule has 36 heavy (non-hydrogen) atoms. The van der Waals surface area contributed by atoms with Gasteiger partial charge in [-0.25, -0.2) is 5.48 Å². The van der Waals surface area contributed by atoms with Crippen LogP contribution in [0.5, 0.6) is 0 Å². The van der Waals surface area contributed by atoms with Crippen LogP contribution in [0.1, 0.15) is 37.0 Å². The predicted molar refractivity (Wildman–Crippen MR) is 145 cm³/mol. The van der Waals surface area contributed by atoms with Crippen LogP contribution in [0, 0.1) is 0 Å². The largest absolute Gasteiger partial charge is 0.325 e. The molecule has 1 aromatic heterocycles. The third kappa shape index (κ3) is 9.29. The van der Waals surface area contributed by atoms with Crippen LogP contribution in [0.2, 0.25) is 0 Å². The van der Waals surface area contributed by atoms with E-state index >= 15 is 0 Å². The molecule has 1 aliphatic rings. The maximum absolute atomic E-state index is 13.1. The van der Waals surface area contributed by atoms with Crippen molar-refractivity contribution in [2.45, 2.75) is 38.6 Å². The Hall–Kier alpha value is -2.31. The van der Waals surface area contributed by atoms with Crippen LogP contribution in [0.15, 0.2) is 40.2 Å². The molecular formula is C25H34BrN5O4S. The van der Waals surface area contributed by atoms with Gasteiger partial charge >= 0.3 is 0 Å². The second-order valence-corrected chi connectivity index (χ2v) is 11.5. The lowest BCUT2D eigenvalue weighted by molar-refractivity contribution is -0.129. The Kier molecular flexibility index (Phi) is 11.3. The van der Waals surface area contributed by atoms with Crippen molar-refractivity contribution in [1.82, 2.24) is 15.3 Å². The number of anilines is 2. The highest BCUT2D eigenvalue weighted by Gasteiger charge is 2.19. The molecule has 1 aliphatic heterocycles. The monoisotopic (exact) mass is 579 g/mol. The van der Waals surface area contributed by atoms with Crippen molar-refractivity contribution in [3.63, 3.8) is 0 Å². The smallest absolute Gasteiger partial charge is 0.243 e. The minimum atomic E-state index is -0.415. The van der Waals surface area contributed by atoms with Crippen LogP contribution < -0.4 is 15.7 Å². The molecule has 3 rings (SSSR count). The Morgan fingerprint density at radius 2 is 1.67 bits per heavy atom. The summed E-state index contributed by atoms with van der Waals surface area (Å²) >= 11 is 5.07. The van der Waals surface area contributed by atoms with E-state index in [9.17, 15) is 14.4 Å². The first-order valence-corrected chi connectivity index (χ1v) is 13.7. The molecule has 11 heteroatoms. The maximum Gasteiger partial charge on any atom is 0.243 e. The Morgan fingerprint density at radius 3 is 2.31 bits per heavy atom. The van der Waals surface area contributed by atoms with Crippen LogP contribution in [0.3, 0.4) is 0 Å². The summed E-state index contributed by atoms with van der Waals surface area (Å²) in [7, 11) is 2.09. The summed E-state index contributed by atoms with van der Waals surface area (Å²) in [5, 5.41) is 11.5. The van der Waals surface area contributed by atoms with Crippen molar-refractivity contribution >= 4 is 56.4 Å². The Morgan fingerprint density at radius 1 is 0.972 bits per heavy atom. The van der Waals surface area contributed by atoms with Gasteiger partial charge in [-0.05, 0) is 72.2 Å². The molecule has 1 aromatic carbocycles. The highest BCUT2D eigenvalue weighted by atomic mass is 79.9. The standard InChI is InChI=1S/C25H34BrN5O4S/c1-29-13-15-30(16-14-29)18-24(33)27-19-7-9-20(10-8-19)31(17-21-11-12-22(26)36-21)25(34)6-4-2-3-5-23(32)28-35/h7-12,35H,2-6,13-18H2,1H3,(H,27,33)(H,28,32). The number of nitrogens with zero attached hydrogens (tertiary/aromatic N) is 3. The first kappa shape index (κ1) is 28.3. The summed E-state index contributed by atoms with van der Waals surface area (Å²) < 4.78 is 1.01. The van der Waals surface area contributed by atoms with Crippen molar-refractivity contribution in [1.29, 1.82) is 0 Å². The van der Waals surface area contributed by atoms with Crippen molar-refractivity contribution in [3.8, 4) is 0 Å². The molecule has 1 fully saturated rings. The van der Waals surface area contributed by atoms with Crippen molar-refractivity contribution in [2.75, 3.05) is 50.0 Å². The topological polar surface area (TPSA) is 105 Å². The molecule has 196 valence electrons. The predicted octanol–water partition coefficient (Wildman–Crippen LogP) is 3.69. The summed E-state index contributed by atoms with van der Waals surface area (Å²) in [6.07, 6.45) is 2.58. The average molecular weight is 581 g/mol. The van der Waals surface area contributed by atoms with E-state index in [2.05, 4.69) is 38.1 Å². The number of amides is 3. The van der Waals surface area contributed by atoms with E-state index in [1.807, 2.05) is 36.4 Å². The molecule has 3 amide bonds. The summed E-state index contributed by atoms with van der Waals surface area (Å²) in [6.45, 7) is 4.51. The molecule has 1 saturated heterocycles. The number of likely N-dealkylation sites (N-methyl/N-ethyl adjacent to an activating group) is 1. The van der Waals surface area contributed by atoms with Crippen LogP contribution in [-0.4, -0.2) is 72.5 Å². The summed E-state index contributed by atoms with van der Waals surface area (Å²) in [4.78, 5) is 44.0. The van der Waals surface area contributed by atoms with Crippen LogP contribution in [-0.2, 0) is 20.9 Å². The highest BCUT2D eigenvalue weighted by Crippen LogP contribution is 2.27. The van der Waals surface area contributed by atoms with Gasteiger partial charge in [0.15, 0.2) is 0 Å². The first-order chi connectivity index (χ1) is 17.3. The van der Waals surface area contributed by atoms with Crippen molar-refractivity contribution in [3.05, 3.63) is 45.1 Å². The van der Waals surface area contributed by atoms with Gasteiger partial charge in [0.2, 0.25) is 17.7 Å². The Labute approximate surface area is 224 Å². The number of carbonyl (C=O) groups excluding carboxylic acids is 3. The molecule has 3 N–H and O–H groups in total. The number of benzene rings is 1. The molecule has 0 bridgehead atoms. The highest BCUT2D eigenvalue weighted by molar-refractivity contribution is 9.11. The molecule has 2 aromatic rings. The van der Waals surface area contributed by atoms with E-state index in [1.54, 1.807) is 21.7 Å². The molecular weight excluding hydrogens is 546 g/mol. The zero-order chi connectivity index (χ0) is 25.9. The molecule has 0 unspecified atom stereocenters. The number of hydrogen-bond donors (Lipinski definition) is 3. The van der Waals surface area contributed by atoms with Crippen molar-refractivity contribution < 1.29 is 19.6 Å². The quantitative estimate of drug-likeness (QED) is 0.201. The summed E-state index contributed by atoms with van der Waals surface area (Å²) in [6, 6.07) is 11.3. The maximum atomic E-state index is 13.1. The number of hydroxylamine groups is 1. The van der Waals surface area contributed by atoms with E-state index in [-0.39, 0.29) is 18.2 Å². The number of unbranched alkanes of at least 4 members (excludes halogenated alkanes) is 2. The fourth-order valence-corrected chi connectivity index (χ4v) is 5.45. The molecule has 2 heterocycles. The van der Waals surface area contributed by atoms with E-state index < -0.39 is 5.91 Å². The number of thiophene rings is 1. The van der Waals surface area contributed by atoms with Crippen molar-refractivity contribution in [2.24, 2.45) is 0 Å². The Balaban J connectivity index is 1.58. The van der Waals surface area contributed by atoms with E-state index in [0.29, 0.717) is 38.0 Å². The van der Waals surface area contributed by atoms with Gasteiger partial charge in [-0.3, -0.25) is 24.5 Å². The van der Waals surface area contributed by atoms with Crippen LogP contribution in [0.25, 0.3) is 0 Å². The molecule has 0 atom stereocenters. The normalized spacial score (nSPS) is 14.4. The van der Waals surface area contributed by atoms with Gasteiger partial charge in [-0.2, -0.15) is 0 Å². The number of rotatable bonds is 12. The van der Waals surface area contributed by atoms with Gasteiger partial charge in [0.1, 0.15) is 0 Å². The van der Waals surface area contributed by atoms with Crippen LogP contribution in [0.4, 0.5) is 11.4 Å². The van der Waals surface area contributed by atoms with Gasteiger partial charge < -0.3 is 15.1 Å². The van der Waals surface area contributed by atoms with Gasteiger partial charge in [-0.15, -0.1) is 11.3 Å². The number of hydrogen-bond acceptors (Lipinski definition) is 7. The molecule has 0 spiro atoms. The van der Waals surface area contributed by atoms with Gasteiger partial charge in [0.25, 0.3) is 0 Å². The third-order valence-corrected chi connectivity index (χ3v) is 7.70. The first-order valence-electron chi connectivity index (χ1n) is 12.1. The molecule has 0 aliphatic carbocycles. The second kappa shape index (κ2) is 14.4. The van der Waals surface area contributed by atoms with E-state index in [4.69, 9.17) is 5.21 Å². The third-order valence-electron chi connectivity index (χ3n) is 6.09. The van der Waals surface area contributed by atoms with E-state index in [1.165, 1.54) is 0 Å². The van der Waals surface area contributed by atoms with Gasteiger partial charge in [0.05, 0.1) is 16.9 Å². The summed E-state index contributed by atoms with van der Waals surface area (Å²) in [5.41, 5.74) is 3.09. The second-order valence-electron chi connectivity index (χ2n) is 8.96. The average Bonchev–Trinajstić information content (AvgIpc) is 3.28. The number of carbonyl (C=O) groups is 3. The zero-order valence-corrected chi connectivity index (χ0v) is 22.9. The summed E-state index contributed by atoms with van der Waals surface area (Å²) in [5.74, 6) is -0.460. The Bertz CT molecular complexity index is 1010. The lowest BCUT2D eigenvalue weighted by Gasteiger charge is -2.31. The number of piperazine rings is 1. The minimum absolute atomic E-state index is 0.00187. The lowest BCUT2D eigenvalue weighted by atomic mass is 10.1. The lowest BCUT2D eigenvalue weighted by Crippen LogP contribution is -2.47. The molecule has 0 saturated carbocycles. The number of nitrogens with one attached hydrogen (secondary N) is 2. The minimum Gasteiger partial charge on any atom is -0.325 e. The van der Waals surface area contributed by atoms with Gasteiger partial charge in [0, 0.05) is 55.3 Å².